The Bertz CT molecular complexity index is 112. The second-order valence-corrected chi connectivity index (χ2v) is 3.43. The number of nitrogens with two attached hydrogens (primary N) is 1. The first-order valence-electron chi connectivity index (χ1n) is 4.78. The molecule has 0 aromatic heterocycles. The summed E-state index contributed by atoms with van der Waals surface area (Å²) in [7, 11) is 0. The number of allylic oxidation sites excluding steroid dienone is 1. The van der Waals surface area contributed by atoms with Crippen LogP contribution in [0.4, 0.5) is 0 Å². The van der Waals surface area contributed by atoms with E-state index in [2.05, 4.69) is 12.2 Å². The summed E-state index contributed by atoms with van der Waals surface area (Å²) in [4.78, 5) is 0. The van der Waals surface area contributed by atoms with Gasteiger partial charge in [0.05, 0.1) is 0 Å². The zero-order valence-corrected chi connectivity index (χ0v) is 7.26. The molecule has 11 heavy (non-hydrogen) atoms. The summed E-state index contributed by atoms with van der Waals surface area (Å²) in [5.41, 5.74) is 5.37. The van der Waals surface area contributed by atoms with Gasteiger partial charge in [-0.3, -0.25) is 0 Å². The molecule has 0 unspecified atom stereocenters. The van der Waals surface area contributed by atoms with Crippen LogP contribution in [-0.4, -0.2) is 6.54 Å². The molecule has 1 nitrogen and oxygen atoms in total. The Morgan fingerprint density at radius 3 is 2.55 bits per heavy atom. The minimum atomic E-state index is 0.793. The summed E-state index contributed by atoms with van der Waals surface area (Å²) < 4.78 is 0. The first-order chi connectivity index (χ1) is 5.43. The minimum absolute atomic E-state index is 0.793. The first-order valence-corrected chi connectivity index (χ1v) is 4.78. The van der Waals surface area contributed by atoms with Crippen LogP contribution < -0.4 is 5.73 Å². The molecule has 0 aliphatic heterocycles. The fourth-order valence-corrected chi connectivity index (χ4v) is 1.75. The molecule has 64 valence electrons. The van der Waals surface area contributed by atoms with E-state index in [0.29, 0.717) is 0 Å². The second-order valence-electron chi connectivity index (χ2n) is 3.43. The standard InChI is InChI=1S/C10H19N/c11-9-5-1-2-6-10-7-3-4-8-10/h1-2,10H,3-9,11H2. The monoisotopic (exact) mass is 153 g/mol. The van der Waals surface area contributed by atoms with E-state index in [1.54, 1.807) is 0 Å². The SMILES string of the molecule is NCCC=CCC1CCCC1. The van der Waals surface area contributed by atoms with E-state index in [0.717, 1.165) is 18.9 Å². The van der Waals surface area contributed by atoms with Crippen LogP contribution in [0.3, 0.4) is 0 Å². The van der Waals surface area contributed by atoms with Gasteiger partial charge in [0.2, 0.25) is 0 Å². The van der Waals surface area contributed by atoms with Crippen LogP contribution in [0, 0.1) is 5.92 Å². The topological polar surface area (TPSA) is 26.0 Å². The number of hydrogen-bond acceptors (Lipinski definition) is 1. The van der Waals surface area contributed by atoms with Crippen molar-refractivity contribution in [3.05, 3.63) is 12.2 Å². The van der Waals surface area contributed by atoms with E-state index in [4.69, 9.17) is 5.73 Å². The van der Waals surface area contributed by atoms with Gasteiger partial charge in [-0.15, -0.1) is 0 Å². The quantitative estimate of drug-likeness (QED) is 0.617. The molecule has 0 bridgehead atoms. The van der Waals surface area contributed by atoms with Gasteiger partial charge in [-0.25, -0.2) is 0 Å². The molecular formula is C10H19N. The number of rotatable bonds is 4. The summed E-state index contributed by atoms with van der Waals surface area (Å²) in [6.07, 6.45) is 12.7. The van der Waals surface area contributed by atoms with E-state index in [1.165, 1.54) is 32.1 Å². The third kappa shape index (κ3) is 3.57. The van der Waals surface area contributed by atoms with Crippen molar-refractivity contribution >= 4 is 0 Å². The van der Waals surface area contributed by atoms with Gasteiger partial charge in [0.15, 0.2) is 0 Å². The Morgan fingerprint density at radius 2 is 1.91 bits per heavy atom. The third-order valence-electron chi connectivity index (χ3n) is 2.44. The van der Waals surface area contributed by atoms with Crippen molar-refractivity contribution in [1.82, 2.24) is 0 Å². The van der Waals surface area contributed by atoms with E-state index in [1.807, 2.05) is 0 Å². The minimum Gasteiger partial charge on any atom is -0.330 e. The Labute approximate surface area is 69.7 Å². The lowest BCUT2D eigenvalue weighted by Gasteiger charge is -2.02. The average Bonchev–Trinajstić information content (AvgIpc) is 2.50. The zero-order valence-electron chi connectivity index (χ0n) is 7.26. The molecule has 1 rings (SSSR count). The molecule has 1 aliphatic rings. The molecule has 1 heteroatoms. The van der Waals surface area contributed by atoms with Crippen molar-refractivity contribution in [1.29, 1.82) is 0 Å². The summed E-state index contributed by atoms with van der Waals surface area (Å²) in [5.74, 6) is 0.990. The normalized spacial score (nSPS) is 20.1. The average molecular weight is 153 g/mol. The van der Waals surface area contributed by atoms with Gasteiger partial charge in [0.1, 0.15) is 0 Å². The molecule has 0 amide bonds. The highest BCUT2D eigenvalue weighted by Crippen LogP contribution is 2.27. The molecule has 2 N–H and O–H groups in total. The van der Waals surface area contributed by atoms with Gasteiger partial charge >= 0.3 is 0 Å². The van der Waals surface area contributed by atoms with Crippen molar-refractivity contribution in [3.8, 4) is 0 Å². The van der Waals surface area contributed by atoms with Crippen LogP contribution in [0.25, 0.3) is 0 Å². The molecule has 0 radical (unpaired) electrons. The Morgan fingerprint density at radius 1 is 1.18 bits per heavy atom. The molecule has 0 spiro atoms. The summed E-state index contributed by atoms with van der Waals surface area (Å²) in [5, 5.41) is 0. The summed E-state index contributed by atoms with van der Waals surface area (Å²) in [6.45, 7) is 0.793. The zero-order chi connectivity index (χ0) is 7.94. The first kappa shape index (κ1) is 8.79. The van der Waals surface area contributed by atoms with Crippen molar-refractivity contribution in [2.75, 3.05) is 6.54 Å². The van der Waals surface area contributed by atoms with E-state index in [-0.39, 0.29) is 0 Å². The molecular weight excluding hydrogens is 134 g/mol. The molecule has 0 aromatic rings. The van der Waals surface area contributed by atoms with Crippen LogP contribution in [0.2, 0.25) is 0 Å². The van der Waals surface area contributed by atoms with Crippen LogP contribution >= 0.6 is 0 Å². The van der Waals surface area contributed by atoms with Gasteiger partial charge in [-0.05, 0) is 25.3 Å². The molecule has 0 atom stereocenters. The fourth-order valence-electron chi connectivity index (χ4n) is 1.75. The largest absolute Gasteiger partial charge is 0.330 e. The van der Waals surface area contributed by atoms with Crippen molar-refractivity contribution in [3.63, 3.8) is 0 Å². The van der Waals surface area contributed by atoms with Crippen molar-refractivity contribution in [2.45, 2.75) is 38.5 Å². The van der Waals surface area contributed by atoms with E-state index in [9.17, 15) is 0 Å². The summed E-state index contributed by atoms with van der Waals surface area (Å²) in [6, 6.07) is 0. The van der Waals surface area contributed by atoms with Gasteiger partial charge in [0.25, 0.3) is 0 Å². The molecule has 1 saturated carbocycles. The fraction of sp³-hybridized carbons (Fsp3) is 0.800. The maximum absolute atomic E-state index is 5.37. The smallest absolute Gasteiger partial charge is 0.00426 e. The highest BCUT2D eigenvalue weighted by molar-refractivity contribution is 4.85. The lowest BCUT2D eigenvalue weighted by molar-refractivity contribution is 0.557. The van der Waals surface area contributed by atoms with Gasteiger partial charge in [0, 0.05) is 0 Å². The predicted octanol–water partition coefficient (Wildman–Crippen LogP) is 2.47. The van der Waals surface area contributed by atoms with E-state index < -0.39 is 0 Å². The summed E-state index contributed by atoms with van der Waals surface area (Å²) >= 11 is 0. The third-order valence-corrected chi connectivity index (χ3v) is 2.44. The van der Waals surface area contributed by atoms with Gasteiger partial charge in [-0.1, -0.05) is 37.8 Å². The van der Waals surface area contributed by atoms with Gasteiger partial charge in [-0.2, -0.15) is 0 Å². The highest BCUT2D eigenvalue weighted by Gasteiger charge is 2.12. The van der Waals surface area contributed by atoms with Crippen molar-refractivity contribution < 1.29 is 0 Å². The van der Waals surface area contributed by atoms with Crippen LogP contribution in [0.5, 0.6) is 0 Å². The van der Waals surface area contributed by atoms with E-state index >= 15 is 0 Å². The molecule has 1 aliphatic carbocycles. The maximum Gasteiger partial charge on any atom is -0.00426 e. The lowest BCUT2D eigenvalue weighted by Crippen LogP contribution is -1.95. The highest BCUT2D eigenvalue weighted by atomic mass is 14.5. The van der Waals surface area contributed by atoms with Crippen LogP contribution in [0.1, 0.15) is 38.5 Å². The Kier molecular flexibility index (Phi) is 4.29. The number of hydrogen-bond donors (Lipinski definition) is 1. The lowest BCUT2D eigenvalue weighted by atomic mass is 10.0. The van der Waals surface area contributed by atoms with Crippen LogP contribution in [0.15, 0.2) is 12.2 Å². The molecule has 0 saturated heterocycles. The Balaban J connectivity index is 2.01. The van der Waals surface area contributed by atoms with Crippen LogP contribution in [-0.2, 0) is 0 Å². The predicted molar refractivity (Wildman–Crippen MR) is 49.4 cm³/mol. The maximum atomic E-state index is 5.37. The molecule has 0 heterocycles. The van der Waals surface area contributed by atoms with Gasteiger partial charge < -0.3 is 5.73 Å². The molecule has 1 fully saturated rings. The second kappa shape index (κ2) is 5.36. The molecule has 0 aromatic carbocycles. The Hall–Kier alpha value is -0.300. The van der Waals surface area contributed by atoms with Crippen molar-refractivity contribution in [2.24, 2.45) is 11.7 Å².